The second-order valence-electron chi connectivity index (χ2n) is 5.70. The quantitative estimate of drug-likeness (QED) is 0.833. The lowest BCUT2D eigenvalue weighted by Gasteiger charge is -2.38. The van der Waals surface area contributed by atoms with Gasteiger partial charge in [-0.25, -0.2) is 4.98 Å². The van der Waals surface area contributed by atoms with Crippen molar-refractivity contribution in [2.24, 2.45) is 0 Å². The molecule has 1 saturated carbocycles. The van der Waals surface area contributed by atoms with Crippen molar-refractivity contribution in [2.45, 2.75) is 38.6 Å². The summed E-state index contributed by atoms with van der Waals surface area (Å²) in [6.45, 7) is 6.68. The smallest absolute Gasteiger partial charge is 0.128 e. The first-order chi connectivity index (χ1) is 9.24. The van der Waals surface area contributed by atoms with Crippen molar-refractivity contribution in [3.63, 3.8) is 0 Å². The van der Waals surface area contributed by atoms with Gasteiger partial charge in [0, 0.05) is 36.7 Å². The van der Waals surface area contributed by atoms with Crippen molar-refractivity contribution >= 4 is 21.7 Å². The van der Waals surface area contributed by atoms with E-state index in [2.05, 4.69) is 49.8 Å². The molecule has 1 aliphatic heterocycles. The highest BCUT2D eigenvalue weighted by molar-refractivity contribution is 9.10. The Balaban J connectivity index is 1.61. The van der Waals surface area contributed by atoms with Crippen LogP contribution in [0.1, 0.15) is 31.4 Å². The normalized spacial score (nSPS) is 22.1. The van der Waals surface area contributed by atoms with Gasteiger partial charge in [-0.3, -0.25) is 4.90 Å². The van der Waals surface area contributed by atoms with Gasteiger partial charge in [-0.2, -0.15) is 0 Å². The number of hydrogen-bond acceptors (Lipinski definition) is 3. The Kier molecular flexibility index (Phi) is 4.08. The Morgan fingerprint density at radius 3 is 2.42 bits per heavy atom. The second kappa shape index (κ2) is 5.80. The largest absolute Gasteiger partial charge is 0.354 e. The summed E-state index contributed by atoms with van der Waals surface area (Å²) in [5, 5.41) is 0. The van der Waals surface area contributed by atoms with E-state index < -0.39 is 0 Å². The fraction of sp³-hybridized carbons (Fsp3) is 0.667. The monoisotopic (exact) mass is 323 g/mol. The summed E-state index contributed by atoms with van der Waals surface area (Å²) in [7, 11) is 0. The molecule has 1 saturated heterocycles. The molecule has 19 heavy (non-hydrogen) atoms. The molecule has 0 N–H and O–H groups in total. The molecule has 0 amide bonds. The minimum absolute atomic E-state index is 0.863. The molecule has 1 aliphatic carbocycles. The summed E-state index contributed by atoms with van der Waals surface area (Å²) < 4.78 is 1.10. The lowest BCUT2D eigenvalue weighted by Crippen LogP contribution is -2.50. The number of nitrogens with zero attached hydrogens (tertiary/aromatic N) is 3. The zero-order valence-electron chi connectivity index (χ0n) is 11.6. The highest BCUT2D eigenvalue weighted by atomic mass is 79.9. The van der Waals surface area contributed by atoms with Crippen molar-refractivity contribution in [1.29, 1.82) is 0 Å². The van der Waals surface area contributed by atoms with Crippen molar-refractivity contribution in [3.05, 3.63) is 22.3 Å². The molecule has 0 atom stereocenters. The third-order valence-electron chi connectivity index (χ3n) is 4.49. The Hall–Kier alpha value is -0.610. The van der Waals surface area contributed by atoms with E-state index in [4.69, 9.17) is 0 Å². The first-order valence-corrected chi connectivity index (χ1v) is 8.15. The highest BCUT2D eigenvalue weighted by Crippen LogP contribution is 2.26. The number of anilines is 1. The molecule has 2 aliphatic rings. The zero-order valence-corrected chi connectivity index (χ0v) is 13.2. The number of aryl methyl sites for hydroxylation is 1. The van der Waals surface area contributed by atoms with Gasteiger partial charge >= 0.3 is 0 Å². The van der Waals surface area contributed by atoms with Gasteiger partial charge in [0.1, 0.15) is 5.82 Å². The van der Waals surface area contributed by atoms with Crippen LogP contribution < -0.4 is 4.90 Å². The minimum Gasteiger partial charge on any atom is -0.354 e. The van der Waals surface area contributed by atoms with Gasteiger partial charge in [0.2, 0.25) is 0 Å². The summed E-state index contributed by atoms with van der Waals surface area (Å²) in [5.41, 5.74) is 1.08. The SMILES string of the molecule is Cc1nc(N2CCN(C3CCCC3)CC2)ccc1Br. The molecular weight excluding hydrogens is 302 g/mol. The molecule has 0 spiro atoms. The van der Waals surface area contributed by atoms with Crippen LogP contribution in [-0.2, 0) is 0 Å². The predicted molar refractivity (Wildman–Crippen MR) is 82.7 cm³/mol. The molecule has 0 bridgehead atoms. The third kappa shape index (κ3) is 2.95. The molecule has 3 nitrogen and oxygen atoms in total. The van der Waals surface area contributed by atoms with Crippen LogP contribution in [0.2, 0.25) is 0 Å². The fourth-order valence-electron chi connectivity index (χ4n) is 3.29. The van der Waals surface area contributed by atoms with Crippen LogP contribution in [0.15, 0.2) is 16.6 Å². The molecule has 1 aromatic heterocycles. The molecule has 0 aromatic carbocycles. The number of hydrogen-bond donors (Lipinski definition) is 0. The summed E-state index contributed by atoms with van der Waals surface area (Å²) in [4.78, 5) is 9.79. The van der Waals surface area contributed by atoms with E-state index >= 15 is 0 Å². The molecule has 104 valence electrons. The van der Waals surface area contributed by atoms with Crippen molar-refractivity contribution < 1.29 is 0 Å². The van der Waals surface area contributed by atoms with E-state index in [-0.39, 0.29) is 0 Å². The lowest BCUT2D eigenvalue weighted by atomic mass is 10.2. The number of piperazine rings is 1. The first kappa shape index (κ1) is 13.4. The molecule has 2 heterocycles. The van der Waals surface area contributed by atoms with E-state index in [9.17, 15) is 0 Å². The maximum atomic E-state index is 4.68. The zero-order chi connectivity index (χ0) is 13.2. The van der Waals surface area contributed by atoms with Crippen molar-refractivity contribution in [2.75, 3.05) is 31.1 Å². The van der Waals surface area contributed by atoms with Gasteiger partial charge in [-0.15, -0.1) is 0 Å². The Morgan fingerprint density at radius 2 is 1.79 bits per heavy atom. The van der Waals surface area contributed by atoms with Gasteiger partial charge in [0.05, 0.1) is 5.69 Å². The van der Waals surface area contributed by atoms with Gasteiger partial charge in [0.15, 0.2) is 0 Å². The van der Waals surface area contributed by atoms with E-state index in [0.29, 0.717) is 0 Å². The fourth-order valence-corrected chi connectivity index (χ4v) is 3.51. The Labute approximate surface area is 124 Å². The van der Waals surface area contributed by atoms with Gasteiger partial charge in [-0.05, 0) is 47.8 Å². The average molecular weight is 324 g/mol. The average Bonchev–Trinajstić information content (AvgIpc) is 2.96. The topological polar surface area (TPSA) is 19.4 Å². The summed E-state index contributed by atoms with van der Waals surface area (Å²) in [6, 6.07) is 5.10. The van der Waals surface area contributed by atoms with Crippen LogP contribution in [0, 0.1) is 6.92 Å². The van der Waals surface area contributed by atoms with E-state index in [1.165, 1.54) is 38.8 Å². The van der Waals surface area contributed by atoms with Crippen LogP contribution in [0.5, 0.6) is 0 Å². The molecule has 0 radical (unpaired) electrons. The van der Waals surface area contributed by atoms with Crippen molar-refractivity contribution in [3.8, 4) is 0 Å². The summed E-state index contributed by atoms with van der Waals surface area (Å²) in [5.74, 6) is 1.13. The van der Waals surface area contributed by atoms with Crippen LogP contribution in [0.3, 0.4) is 0 Å². The summed E-state index contributed by atoms with van der Waals surface area (Å²) in [6.07, 6.45) is 5.68. The first-order valence-electron chi connectivity index (χ1n) is 7.36. The maximum absolute atomic E-state index is 4.68. The summed E-state index contributed by atoms with van der Waals surface area (Å²) >= 11 is 3.52. The highest BCUT2D eigenvalue weighted by Gasteiger charge is 2.26. The molecule has 0 unspecified atom stereocenters. The molecular formula is C15H22BrN3. The van der Waals surface area contributed by atoms with Gasteiger partial charge in [0.25, 0.3) is 0 Å². The minimum atomic E-state index is 0.863. The number of halogens is 1. The Bertz CT molecular complexity index is 435. The van der Waals surface area contributed by atoms with Crippen LogP contribution in [0.25, 0.3) is 0 Å². The van der Waals surface area contributed by atoms with Crippen LogP contribution in [-0.4, -0.2) is 42.1 Å². The van der Waals surface area contributed by atoms with Crippen molar-refractivity contribution in [1.82, 2.24) is 9.88 Å². The van der Waals surface area contributed by atoms with E-state index in [0.717, 1.165) is 35.1 Å². The lowest BCUT2D eigenvalue weighted by molar-refractivity contribution is 0.187. The maximum Gasteiger partial charge on any atom is 0.128 e. The van der Waals surface area contributed by atoms with Gasteiger partial charge < -0.3 is 4.90 Å². The standard InChI is InChI=1S/C15H22BrN3/c1-12-14(16)6-7-15(17-12)19-10-8-18(9-11-19)13-4-2-3-5-13/h6-7,13H,2-5,8-11H2,1H3. The number of rotatable bonds is 2. The predicted octanol–water partition coefficient (Wildman–Crippen LogP) is 3.22. The van der Waals surface area contributed by atoms with E-state index in [1.807, 2.05) is 0 Å². The van der Waals surface area contributed by atoms with Crippen LogP contribution in [0.4, 0.5) is 5.82 Å². The van der Waals surface area contributed by atoms with E-state index in [1.54, 1.807) is 0 Å². The molecule has 2 fully saturated rings. The van der Waals surface area contributed by atoms with Gasteiger partial charge in [-0.1, -0.05) is 12.8 Å². The Morgan fingerprint density at radius 1 is 1.11 bits per heavy atom. The number of pyridine rings is 1. The van der Waals surface area contributed by atoms with Crippen LogP contribution >= 0.6 is 15.9 Å². The number of aromatic nitrogens is 1. The molecule has 3 rings (SSSR count). The second-order valence-corrected chi connectivity index (χ2v) is 6.55. The third-order valence-corrected chi connectivity index (χ3v) is 5.32. The molecule has 4 heteroatoms. The molecule has 1 aromatic rings.